The van der Waals surface area contributed by atoms with Gasteiger partial charge < -0.3 is 14.7 Å². The Bertz CT molecular complexity index is 587. The summed E-state index contributed by atoms with van der Waals surface area (Å²) in [5, 5.41) is 19.2. The molecule has 1 heterocycles. The quantitative estimate of drug-likeness (QED) is 0.892. The topological polar surface area (TPSA) is 59.7 Å². The average Bonchev–Trinajstić information content (AvgIpc) is 2.53. The zero-order valence-electron chi connectivity index (χ0n) is 14.6. The van der Waals surface area contributed by atoms with Crippen LogP contribution in [-0.4, -0.2) is 61.0 Å². The van der Waals surface area contributed by atoms with Crippen molar-refractivity contribution in [1.29, 1.82) is 5.26 Å². The fraction of sp³-hybridized carbons (Fsp3) is 0.611. The van der Waals surface area contributed by atoms with E-state index >= 15 is 0 Å². The lowest BCUT2D eigenvalue weighted by Crippen LogP contribution is -2.49. The minimum atomic E-state index is -0.528. The zero-order valence-corrected chi connectivity index (χ0v) is 14.6. The molecule has 1 unspecified atom stereocenters. The van der Waals surface area contributed by atoms with Gasteiger partial charge in [0.25, 0.3) is 0 Å². The Morgan fingerprint density at radius 3 is 2.54 bits per heavy atom. The van der Waals surface area contributed by atoms with Gasteiger partial charge in [-0.2, -0.15) is 5.26 Å². The third-order valence-corrected chi connectivity index (χ3v) is 3.99. The second-order valence-corrected chi connectivity index (χ2v) is 7.11. The number of piperazine rings is 1. The number of rotatable bonds is 5. The minimum absolute atomic E-state index is 0.101. The fourth-order valence-corrected chi connectivity index (χ4v) is 2.76. The number of hydrogen-bond acceptors (Lipinski definition) is 5. The van der Waals surface area contributed by atoms with Crippen molar-refractivity contribution in [2.24, 2.45) is 0 Å². The molecular formula is C18H26FN3O2. The van der Waals surface area contributed by atoms with Crippen LogP contribution in [0.1, 0.15) is 26.3 Å². The second kappa shape index (κ2) is 7.93. The van der Waals surface area contributed by atoms with Crippen LogP contribution in [0.4, 0.5) is 10.1 Å². The summed E-state index contributed by atoms with van der Waals surface area (Å²) in [4.78, 5) is 4.19. The van der Waals surface area contributed by atoms with Gasteiger partial charge in [0.1, 0.15) is 17.4 Å². The predicted octanol–water partition coefficient (Wildman–Crippen LogP) is 2.00. The molecule has 132 valence electrons. The summed E-state index contributed by atoms with van der Waals surface area (Å²) in [5.74, 6) is -0.479. The second-order valence-electron chi connectivity index (χ2n) is 7.11. The summed E-state index contributed by atoms with van der Waals surface area (Å²) in [5.41, 5.74) is 0.489. The number of nitriles is 1. The van der Waals surface area contributed by atoms with Gasteiger partial charge in [0.2, 0.25) is 0 Å². The maximum Gasteiger partial charge on any atom is 0.143 e. The van der Waals surface area contributed by atoms with E-state index in [0.29, 0.717) is 31.9 Å². The van der Waals surface area contributed by atoms with E-state index in [1.165, 1.54) is 6.07 Å². The lowest BCUT2D eigenvalue weighted by molar-refractivity contribution is -0.0563. The molecule has 0 amide bonds. The molecule has 1 aliphatic heterocycles. The largest absolute Gasteiger partial charge is 0.389 e. The number of β-amino-alcohol motifs (C(OH)–C–C–N with tert-alkyl or cyclic N) is 1. The Morgan fingerprint density at radius 1 is 1.29 bits per heavy atom. The van der Waals surface area contributed by atoms with Crippen LogP contribution < -0.4 is 4.90 Å². The molecule has 0 spiro atoms. The molecule has 1 atom stereocenters. The van der Waals surface area contributed by atoms with Crippen LogP contribution in [0.15, 0.2) is 18.2 Å². The average molecular weight is 335 g/mol. The summed E-state index contributed by atoms with van der Waals surface area (Å²) in [6.45, 7) is 9.67. The molecule has 1 aliphatic rings. The number of ether oxygens (including phenoxy) is 1. The maximum atomic E-state index is 13.7. The van der Waals surface area contributed by atoms with Crippen molar-refractivity contribution in [2.75, 3.05) is 44.2 Å². The van der Waals surface area contributed by atoms with Gasteiger partial charge in [-0.25, -0.2) is 4.39 Å². The van der Waals surface area contributed by atoms with E-state index in [1.54, 1.807) is 12.1 Å². The molecule has 6 heteroatoms. The lowest BCUT2D eigenvalue weighted by atomic mass is 10.1. The first-order valence-corrected chi connectivity index (χ1v) is 8.28. The molecule has 0 aliphatic carbocycles. The highest BCUT2D eigenvalue weighted by Gasteiger charge is 2.23. The number of benzene rings is 1. The number of aliphatic hydroxyl groups is 1. The first kappa shape index (κ1) is 18.7. The monoisotopic (exact) mass is 335 g/mol. The molecule has 1 fully saturated rings. The molecule has 0 bridgehead atoms. The molecular weight excluding hydrogens is 309 g/mol. The van der Waals surface area contributed by atoms with Crippen molar-refractivity contribution >= 4 is 5.69 Å². The van der Waals surface area contributed by atoms with Gasteiger partial charge in [-0.3, -0.25) is 4.90 Å². The summed E-state index contributed by atoms with van der Waals surface area (Å²) in [7, 11) is 0. The summed E-state index contributed by atoms with van der Waals surface area (Å²) in [6, 6.07) is 6.67. The zero-order chi connectivity index (χ0) is 17.7. The molecule has 2 rings (SSSR count). The number of anilines is 1. The van der Waals surface area contributed by atoms with Gasteiger partial charge in [0.05, 0.1) is 24.0 Å². The third kappa shape index (κ3) is 5.17. The van der Waals surface area contributed by atoms with Gasteiger partial charge in [0.15, 0.2) is 0 Å². The van der Waals surface area contributed by atoms with Crippen molar-refractivity contribution in [2.45, 2.75) is 32.5 Å². The number of hydrogen-bond donors (Lipinski definition) is 1. The lowest BCUT2D eigenvalue weighted by Gasteiger charge is -2.37. The van der Waals surface area contributed by atoms with E-state index in [-0.39, 0.29) is 11.2 Å². The number of aliphatic hydroxyl groups excluding tert-OH is 1. The molecule has 0 aromatic heterocycles. The van der Waals surface area contributed by atoms with Gasteiger partial charge >= 0.3 is 0 Å². The van der Waals surface area contributed by atoms with Crippen LogP contribution >= 0.6 is 0 Å². The van der Waals surface area contributed by atoms with Gasteiger partial charge in [-0.1, -0.05) is 6.07 Å². The fourth-order valence-electron chi connectivity index (χ4n) is 2.76. The first-order chi connectivity index (χ1) is 11.3. The van der Waals surface area contributed by atoms with Crippen LogP contribution in [0.25, 0.3) is 0 Å². The van der Waals surface area contributed by atoms with E-state index in [9.17, 15) is 9.50 Å². The van der Waals surface area contributed by atoms with Crippen molar-refractivity contribution in [3.8, 4) is 6.07 Å². The van der Waals surface area contributed by atoms with E-state index in [2.05, 4.69) is 4.90 Å². The van der Waals surface area contributed by atoms with Crippen LogP contribution in [0.3, 0.4) is 0 Å². The molecule has 1 N–H and O–H groups in total. The van der Waals surface area contributed by atoms with Crippen LogP contribution in [0.5, 0.6) is 0 Å². The molecule has 1 aromatic carbocycles. The summed E-state index contributed by atoms with van der Waals surface area (Å²) < 4.78 is 19.3. The first-order valence-electron chi connectivity index (χ1n) is 8.28. The van der Waals surface area contributed by atoms with Gasteiger partial charge in [-0.15, -0.1) is 0 Å². The van der Waals surface area contributed by atoms with E-state index in [4.69, 9.17) is 10.00 Å². The smallest absolute Gasteiger partial charge is 0.143 e. The highest BCUT2D eigenvalue weighted by atomic mass is 19.1. The van der Waals surface area contributed by atoms with E-state index in [1.807, 2.05) is 31.7 Å². The highest BCUT2D eigenvalue weighted by Crippen LogP contribution is 2.23. The Morgan fingerprint density at radius 2 is 1.96 bits per heavy atom. The van der Waals surface area contributed by atoms with Gasteiger partial charge in [-0.05, 0) is 32.9 Å². The van der Waals surface area contributed by atoms with Crippen molar-refractivity contribution in [3.63, 3.8) is 0 Å². The molecule has 24 heavy (non-hydrogen) atoms. The van der Waals surface area contributed by atoms with Crippen LogP contribution in [0, 0.1) is 17.1 Å². The highest BCUT2D eigenvalue weighted by molar-refractivity contribution is 5.60. The molecule has 0 radical (unpaired) electrons. The SMILES string of the molecule is CC(C)(C)OCC(O)CN1CCN(c2cccc(F)c2C#N)CC1. The molecule has 5 nitrogen and oxygen atoms in total. The maximum absolute atomic E-state index is 13.7. The predicted molar refractivity (Wildman–Crippen MR) is 91.5 cm³/mol. The summed E-state index contributed by atoms with van der Waals surface area (Å²) >= 11 is 0. The Kier molecular flexibility index (Phi) is 6.16. The van der Waals surface area contributed by atoms with Crippen molar-refractivity contribution in [1.82, 2.24) is 4.90 Å². The van der Waals surface area contributed by atoms with Crippen molar-refractivity contribution < 1.29 is 14.2 Å². The Balaban J connectivity index is 1.86. The van der Waals surface area contributed by atoms with Gasteiger partial charge in [0, 0.05) is 32.7 Å². The third-order valence-electron chi connectivity index (χ3n) is 3.99. The van der Waals surface area contributed by atoms with Crippen molar-refractivity contribution in [3.05, 3.63) is 29.6 Å². The number of nitrogens with zero attached hydrogens (tertiary/aromatic N) is 3. The summed E-state index contributed by atoms with van der Waals surface area (Å²) in [6.07, 6.45) is -0.528. The van der Waals surface area contributed by atoms with Crippen LogP contribution in [-0.2, 0) is 4.74 Å². The number of halogens is 1. The molecule has 0 saturated carbocycles. The normalized spacial score (nSPS) is 17.6. The standard InChI is InChI=1S/C18H26FN3O2/c1-18(2,3)24-13-14(23)12-21-7-9-22(10-8-21)17-6-4-5-16(19)15(17)11-20/h4-6,14,23H,7-10,12-13H2,1-3H3. The molecule has 1 saturated heterocycles. The molecule has 1 aromatic rings. The Hall–Kier alpha value is -1.68. The van der Waals surface area contributed by atoms with Crippen LogP contribution in [0.2, 0.25) is 0 Å². The van der Waals surface area contributed by atoms with E-state index in [0.717, 1.165) is 13.1 Å². The minimum Gasteiger partial charge on any atom is -0.389 e. The van der Waals surface area contributed by atoms with E-state index < -0.39 is 11.9 Å². The Labute approximate surface area is 143 Å².